The quantitative estimate of drug-likeness (QED) is 0.618. The number of aromatic nitrogens is 2. The van der Waals surface area contributed by atoms with Gasteiger partial charge in [-0.2, -0.15) is 10.2 Å². The lowest BCUT2D eigenvalue weighted by molar-refractivity contribution is 0.432. The van der Waals surface area contributed by atoms with E-state index in [1.165, 1.54) is 18.4 Å². The number of rotatable bonds is 6. The number of phenols is 1. The van der Waals surface area contributed by atoms with Crippen LogP contribution in [0.25, 0.3) is 22.8 Å². The highest BCUT2D eigenvalue weighted by molar-refractivity contribution is 7.90. The molecule has 8 nitrogen and oxygen atoms in total. The van der Waals surface area contributed by atoms with E-state index in [1.54, 1.807) is 6.07 Å². The number of nitrogens with one attached hydrogen (secondary N) is 1. The van der Waals surface area contributed by atoms with Gasteiger partial charge in [-0.1, -0.05) is 23.4 Å². The molecule has 1 heterocycles. The van der Waals surface area contributed by atoms with E-state index in [1.807, 2.05) is 24.3 Å². The van der Waals surface area contributed by atoms with Crippen molar-refractivity contribution >= 4 is 9.84 Å². The maximum absolute atomic E-state index is 11.4. The maximum Gasteiger partial charge on any atom is 0.258 e. The fourth-order valence-electron chi connectivity index (χ4n) is 3.70. The van der Waals surface area contributed by atoms with Gasteiger partial charge in [0.1, 0.15) is 21.7 Å². The van der Waals surface area contributed by atoms with Crippen LogP contribution in [0, 0.1) is 11.3 Å². The van der Waals surface area contributed by atoms with E-state index in [-0.39, 0.29) is 29.0 Å². The van der Waals surface area contributed by atoms with E-state index in [9.17, 15) is 13.5 Å². The molecule has 1 unspecified atom stereocenters. The van der Waals surface area contributed by atoms with Crippen LogP contribution in [0.1, 0.15) is 29.2 Å². The Kier molecular flexibility index (Phi) is 5.28. The molecule has 0 amide bonds. The van der Waals surface area contributed by atoms with Gasteiger partial charge in [0.05, 0.1) is 11.3 Å². The van der Waals surface area contributed by atoms with Crippen LogP contribution in [0.4, 0.5) is 0 Å². The van der Waals surface area contributed by atoms with Crippen LogP contribution in [0.5, 0.6) is 5.75 Å². The summed E-state index contributed by atoms with van der Waals surface area (Å²) in [5.74, 6) is 0.714. The molecule has 1 aromatic heterocycles. The van der Waals surface area contributed by atoms with Crippen molar-refractivity contribution in [3.63, 3.8) is 0 Å². The maximum atomic E-state index is 11.4. The standard InChI is InChI=1S/C21H20N4O4S/c1-30(27,28)10-9-23-18-7-6-15-16(18)3-2-4-17(15)20-24-21(29-25-20)13-5-8-19(26)14(11-13)12-22/h2-5,8,11,18,23,26H,6-7,9-10H2,1H3. The first kappa shape index (κ1) is 20.1. The van der Waals surface area contributed by atoms with E-state index in [2.05, 4.69) is 15.5 Å². The average molecular weight is 424 g/mol. The average Bonchev–Trinajstić information content (AvgIpc) is 3.35. The third-order valence-electron chi connectivity index (χ3n) is 5.17. The lowest BCUT2D eigenvalue weighted by atomic mass is 10.0. The van der Waals surface area contributed by atoms with Crippen molar-refractivity contribution in [2.24, 2.45) is 0 Å². The van der Waals surface area contributed by atoms with Crippen molar-refractivity contribution in [2.75, 3.05) is 18.6 Å². The molecule has 0 bridgehead atoms. The van der Waals surface area contributed by atoms with Gasteiger partial charge in [0.2, 0.25) is 5.82 Å². The molecule has 2 aromatic carbocycles. The molecule has 0 fully saturated rings. The molecule has 3 aromatic rings. The number of fused-ring (bicyclic) bond motifs is 1. The lowest BCUT2D eigenvalue weighted by Gasteiger charge is -2.14. The van der Waals surface area contributed by atoms with Crippen molar-refractivity contribution in [3.8, 4) is 34.7 Å². The van der Waals surface area contributed by atoms with Crippen LogP contribution in [-0.2, 0) is 16.3 Å². The summed E-state index contributed by atoms with van der Waals surface area (Å²) in [6, 6.07) is 12.4. The molecule has 30 heavy (non-hydrogen) atoms. The summed E-state index contributed by atoms with van der Waals surface area (Å²) in [5, 5.41) is 26.2. The summed E-state index contributed by atoms with van der Waals surface area (Å²) < 4.78 is 28.1. The van der Waals surface area contributed by atoms with E-state index in [4.69, 9.17) is 9.78 Å². The lowest BCUT2D eigenvalue weighted by Crippen LogP contribution is -2.25. The van der Waals surface area contributed by atoms with Gasteiger partial charge in [-0.3, -0.25) is 0 Å². The fraction of sp³-hybridized carbons (Fsp3) is 0.286. The van der Waals surface area contributed by atoms with E-state index >= 15 is 0 Å². The first-order valence-electron chi connectivity index (χ1n) is 9.46. The molecular formula is C21H20N4O4S. The predicted octanol–water partition coefficient (Wildman–Crippen LogP) is 2.60. The summed E-state index contributed by atoms with van der Waals surface area (Å²) in [5.41, 5.74) is 3.79. The molecule has 2 N–H and O–H groups in total. The van der Waals surface area contributed by atoms with Crippen molar-refractivity contribution in [1.29, 1.82) is 5.26 Å². The van der Waals surface area contributed by atoms with Gasteiger partial charge in [-0.15, -0.1) is 0 Å². The summed E-state index contributed by atoms with van der Waals surface area (Å²) in [6.45, 7) is 0.404. The number of benzene rings is 2. The van der Waals surface area contributed by atoms with E-state index in [0.717, 1.165) is 29.5 Å². The van der Waals surface area contributed by atoms with E-state index in [0.29, 0.717) is 17.9 Å². The predicted molar refractivity (Wildman–Crippen MR) is 110 cm³/mol. The summed E-state index contributed by atoms with van der Waals surface area (Å²) in [6.07, 6.45) is 2.92. The number of nitriles is 1. The van der Waals surface area contributed by atoms with E-state index < -0.39 is 9.84 Å². The number of hydrogen-bond acceptors (Lipinski definition) is 8. The van der Waals surface area contributed by atoms with Crippen molar-refractivity contribution < 1.29 is 18.0 Å². The Labute approximate surface area is 174 Å². The van der Waals surface area contributed by atoms with Crippen molar-refractivity contribution in [2.45, 2.75) is 18.9 Å². The van der Waals surface area contributed by atoms with Crippen molar-refractivity contribution in [3.05, 3.63) is 53.1 Å². The van der Waals surface area contributed by atoms with Crippen LogP contribution < -0.4 is 5.32 Å². The highest BCUT2D eigenvalue weighted by Gasteiger charge is 2.26. The first-order valence-corrected chi connectivity index (χ1v) is 11.5. The second kappa shape index (κ2) is 7.89. The summed E-state index contributed by atoms with van der Waals surface area (Å²) in [4.78, 5) is 4.48. The van der Waals surface area contributed by atoms with Crippen LogP contribution in [-0.4, -0.2) is 42.2 Å². The molecule has 0 saturated heterocycles. The molecule has 0 spiro atoms. The second-order valence-electron chi connectivity index (χ2n) is 7.32. The Bertz CT molecular complexity index is 1240. The molecule has 4 rings (SSSR count). The molecule has 0 aliphatic heterocycles. The minimum absolute atomic E-state index is 0.0864. The van der Waals surface area contributed by atoms with Gasteiger partial charge in [-0.25, -0.2) is 8.42 Å². The first-order chi connectivity index (χ1) is 14.4. The molecule has 0 radical (unpaired) electrons. The Morgan fingerprint density at radius 3 is 2.93 bits per heavy atom. The largest absolute Gasteiger partial charge is 0.507 e. The minimum Gasteiger partial charge on any atom is -0.507 e. The highest BCUT2D eigenvalue weighted by atomic mass is 32.2. The van der Waals surface area contributed by atoms with Crippen LogP contribution >= 0.6 is 0 Å². The molecule has 0 saturated carbocycles. The fourth-order valence-corrected chi connectivity index (χ4v) is 4.19. The van der Waals surface area contributed by atoms with Gasteiger partial charge in [0.15, 0.2) is 0 Å². The third-order valence-corrected chi connectivity index (χ3v) is 6.11. The van der Waals surface area contributed by atoms with Crippen LogP contribution in [0.15, 0.2) is 40.9 Å². The third kappa shape index (κ3) is 4.06. The number of hydrogen-bond donors (Lipinski definition) is 2. The molecule has 1 aliphatic carbocycles. The summed E-state index contributed by atoms with van der Waals surface area (Å²) in [7, 11) is -3.01. The van der Waals surface area contributed by atoms with Crippen LogP contribution in [0.2, 0.25) is 0 Å². The second-order valence-corrected chi connectivity index (χ2v) is 9.58. The molecule has 1 aliphatic rings. The van der Waals surface area contributed by atoms with Gasteiger partial charge in [-0.05, 0) is 42.2 Å². The van der Waals surface area contributed by atoms with Gasteiger partial charge >= 0.3 is 0 Å². The normalized spacial score (nSPS) is 15.7. The topological polar surface area (TPSA) is 129 Å². The molecule has 1 atom stereocenters. The SMILES string of the molecule is CS(=O)(=O)CCNC1CCc2c(-c3noc(-c4ccc(O)c(C#N)c4)n3)cccc21. The Morgan fingerprint density at radius 2 is 2.17 bits per heavy atom. The highest BCUT2D eigenvalue weighted by Crippen LogP contribution is 2.37. The molecular weight excluding hydrogens is 404 g/mol. The smallest absolute Gasteiger partial charge is 0.258 e. The minimum atomic E-state index is -3.01. The molecule has 154 valence electrons. The zero-order chi connectivity index (χ0) is 21.3. The van der Waals surface area contributed by atoms with Gasteiger partial charge in [0.25, 0.3) is 5.89 Å². The number of nitrogens with zero attached hydrogens (tertiary/aromatic N) is 3. The molecule has 9 heteroatoms. The zero-order valence-electron chi connectivity index (χ0n) is 16.3. The Hall–Kier alpha value is -3.22. The van der Waals surface area contributed by atoms with Gasteiger partial charge in [0, 0.05) is 30.0 Å². The Morgan fingerprint density at radius 1 is 1.33 bits per heavy atom. The summed E-state index contributed by atoms with van der Waals surface area (Å²) >= 11 is 0. The van der Waals surface area contributed by atoms with Crippen molar-refractivity contribution in [1.82, 2.24) is 15.5 Å². The number of aromatic hydroxyl groups is 1. The number of sulfone groups is 1. The number of phenolic OH excluding ortho intramolecular Hbond substituents is 1. The Balaban J connectivity index is 1.59. The van der Waals surface area contributed by atoms with Gasteiger partial charge < -0.3 is 14.9 Å². The van der Waals surface area contributed by atoms with Crippen LogP contribution in [0.3, 0.4) is 0 Å². The zero-order valence-corrected chi connectivity index (χ0v) is 17.1. The monoisotopic (exact) mass is 424 g/mol.